The van der Waals surface area contributed by atoms with E-state index in [2.05, 4.69) is 21.0 Å². The molecule has 1 aromatic rings. The van der Waals surface area contributed by atoms with Crippen molar-refractivity contribution in [3.8, 4) is 0 Å². The summed E-state index contributed by atoms with van der Waals surface area (Å²) in [7, 11) is 0. The van der Waals surface area contributed by atoms with E-state index in [4.69, 9.17) is 5.53 Å². The van der Waals surface area contributed by atoms with Crippen molar-refractivity contribution < 1.29 is 4.79 Å². The fourth-order valence-corrected chi connectivity index (χ4v) is 2.38. The molecule has 0 saturated carbocycles. The Balaban J connectivity index is 2.63. The third-order valence-electron chi connectivity index (χ3n) is 2.46. The van der Waals surface area contributed by atoms with Gasteiger partial charge in [0.05, 0.1) is 5.69 Å². The average Bonchev–Trinajstić information content (AvgIpc) is 2.20. The first-order valence-electron chi connectivity index (χ1n) is 4.43. The summed E-state index contributed by atoms with van der Waals surface area (Å²) in [5.41, 5.74) is 10.9. The Labute approximate surface area is 90.2 Å². The molecule has 0 spiro atoms. The predicted octanol–water partition coefficient (Wildman–Crippen LogP) is 3.62. The van der Waals surface area contributed by atoms with Gasteiger partial charge in [-0.1, -0.05) is 0 Å². The molecule has 1 aliphatic carbocycles. The van der Waals surface area contributed by atoms with Crippen molar-refractivity contribution in [2.75, 3.05) is 0 Å². The molecule has 14 heavy (non-hydrogen) atoms. The number of fused-ring (bicyclic) bond motifs is 1. The number of halogens is 1. The third kappa shape index (κ3) is 1.39. The summed E-state index contributed by atoms with van der Waals surface area (Å²) in [5.74, 6) is 0.177. The zero-order valence-corrected chi connectivity index (χ0v) is 9.04. The SMILES string of the molecule is [N-]=Nc1ccc2c(c1Br)CCCC2=O. The molecular formula is C10H8BrN2O-. The van der Waals surface area contributed by atoms with E-state index >= 15 is 0 Å². The van der Waals surface area contributed by atoms with Crippen molar-refractivity contribution in [2.45, 2.75) is 19.3 Å². The first kappa shape index (κ1) is 9.52. The monoisotopic (exact) mass is 251 g/mol. The predicted molar refractivity (Wildman–Crippen MR) is 56.9 cm³/mol. The van der Waals surface area contributed by atoms with Gasteiger partial charge in [-0.3, -0.25) is 4.79 Å². The van der Waals surface area contributed by atoms with Gasteiger partial charge in [-0.05, 0) is 46.5 Å². The fourth-order valence-electron chi connectivity index (χ4n) is 1.75. The molecule has 3 nitrogen and oxygen atoms in total. The minimum Gasteiger partial charge on any atom is -0.706 e. The molecule has 0 aromatic heterocycles. The van der Waals surface area contributed by atoms with Crippen molar-refractivity contribution >= 4 is 27.4 Å². The Kier molecular flexibility index (Phi) is 2.46. The van der Waals surface area contributed by atoms with E-state index in [-0.39, 0.29) is 5.78 Å². The van der Waals surface area contributed by atoms with Gasteiger partial charge in [-0.25, -0.2) is 0 Å². The van der Waals surface area contributed by atoms with Gasteiger partial charge in [0.2, 0.25) is 0 Å². The van der Waals surface area contributed by atoms with Gasteiger partial charge in [0.1, 0.15) is 0 Å². The molecule has 1 aromatic carbocycles. The molecule has 0 bridgehead atoms. The van der Waals surface area contributed by atoms with Crippen molar-refractivity contribution in [1.82, 2.24) is 0 Å². The van der Waals surface area contributed by atoms with Gasteiger partial charge in [0, 0.05) is 16.5 Å². The van der Waals surface area contributed by atoms with Crippen LogP contribution in [0.2, 0.25) is 0 Å². The van der Waals surface area contributed by atoms with Gasteiger partial charge >= 0.3 is 0 Å². The molecule has 0 aliphatic heterocycles. The summed E-state index contributed by atoms with van der Waals surface area (Å²) < 4.78 is 0.741. The largest absolute Gasteiger partial charge is 0.706 e. The number of nitrogens with zero attached hydrogens (tertiary/aromatic N) is 2. The first-order chi connectivity index (χ1) is 6.74. The maximum atomic E-state index is 11.5. The number of Topliss-reactive ketones (excluding diaryl/α,β-unsaturated/α-hetero) is 1. The Morgan fingerprint density at radius 3 is 2.86 bits per heavy atom. The topological polar surface area (TPSA) is 51.7 Å². The smallest absolute Gasteiger partial charge is 0.163 e. The molecule has 0 heterocycles. The molecule has 0 N–H and O–H groups in total. The summed E-state index contributed by atoms with van der Waals surface area (Å²) in [5, 5.41) is 3.15. The molecule has 0 fully saturated rings. The van der Waals surface area contributed by atoms with E-state index in [1.54, 1.807) is 12.1 Å². The van der Waals surface area contributed by atoms with Crippen LogP contribution in [0.3, 0.4) is 0 Å². The summed E-state index contributed by atoms with van der Waals surface area (Å²) in [6.07, 6.45) is 2.36. The number of carbonyl (C=O) groups is 1. The number of rotatable bonds is 1. The second-order valence-corrected chi connectivity index (χ2v) is 4.09. The molecule has 0 saturated heterocycles. The zero-order chi connectivity index (χ0) is 10.1. The van der Waals surface area contributed by atoms with Crippen LogP contribution in [0, 0.1) is 0 Å². The molecule has 0 amide bonds. The van der Waals surface area contributed by atoms with Crippen LogP contribution in [0.4, 0.5) is 5.69 Å². The van der Waals surface area contributed by atoms with Gasteiger partial charge in [-0.2, -0.15) is 0 Å². The minimum absolute atomic E-state index is 0.177. The lowest BCUT2D eigenvalue weighted by Crippen LogP contribution is -2.10. The van der Waals surface area contributed by atoms with Crippen LogP contribution in [-0.2, 0) is 6.42 Å². The van der Waals surface area contributed by atoms with Gasteiger partial charge in [0.15, 0.2) is 5.78 Å². The van der Waals surface area contributed by atoms with Crippen molar-refractivity contribution in [3.63, 3.8) is 0 Å². The average molecular weight is 252 g/mol. The van der Waals surface area contributed by atoms with Crippen LogP contribution in [0.15, 0.2) is 21.7 Å². The minimum atomic E-state index is 0.177. The van der Waals surface area contributed by atoms with E-state index in [1.807, 2.05) is 0 Å². The Bertz CT molecular complexity index is 415. The van der Waals surface area contributed by atoms with Gasteiger partial charge in [-0.15, -0.1) is 0 Å². The van der Waals surface area contributed by atoms with Crippen LogP contribution in [0.1, 0.15) is 28.8 Å². The van der Waals surface area contributed by atoms with Gasteiger partial charge < -0.3 is 10.6 Å². The molecule has 0 atom stereocenters. The lowest BCUT2D eigenvalue weighted by Gasteiger charge is -2.17. The van der Waals surface area contributed by atoms with E-state index in [0.717, 1.165) is 28.4 Å². The number of hydrogen-bond acceptors (Lipinski definition) is 2. The van der Waals surface area contributed by atoms with Crippen molar-refractivity contribution in [3.05, 3.63) is 33.3 Å². The fraction of sp³-hybridized carbons (Fsp3) is 0.300. The third-order valence-corrected chi connectivity index (χ3v) is 3.35. The Hall–Kier alpha value is -1.03. The molecule has 1 aliphatic rings. The standard InChI is InChI=1S/C10H8BrN2O/c11-10-7-2-1-3-9(14)6(7)4-5-8(10)13-12/h4-5H,1-3H2/q-1. The highest BCUT2D eigenvalue weighted by Crippen LogP contribution is 2.35. The zero-order valence-electron chi connectivity index (χ0n) is 7.46. The highest BCUT2D eigenvalue weighted by Gasteiger charge is 2.19. The van der Waals surface area contributed by atoms with Crippen molar-refractivity contribution in [1.29, 1.82) is 0 Å². The highest BCUT2D eigenvalue weighted by molar-refractivity contribution is 9.10. The van der Waals surface area contributed by atoms with Gasteiger partial charge in [0.25, 0.3) is 0 Å². The number of benzene rings is 1. The summed E-state index contributed by atoms with van der Waals surface area (Å²) >= 11 is 3.35. The molecule has 4 heteroatoms. The molecule has 72 valence electrons. The van der Waals surface area contributed by atoms with E-state index in [9.17, 15) is 4.79 Å². The maximum absolute atomic E-state index is 11.5. The molecular weight excluding hydrogens is 244 g/mol. The second-order valence-electron chi connectivity index (χ2n) is 3.30. The lowest BCUT2D eigenvalue weighted by molar-refractivity contribution is 0.0972. The normalized spacial score (nSPS) is 15.1. The van der Waals surface area contributed by atoms with Crippen LogP contribution >= 0.6 is 15.9 Å². The lowest BCUT2D eigenvalue weighted by atomic mass is 9.90. The van der Waals surface area contributed by atoms with Crippen LogP contribution in [0.5, 0.6) is 0 Å². The second kappa shape index (κ2) is 3.61. The van der Waals surface area contributed by atoms with E-state index < -0.39 is 0 Å². The summed E-state index contributed by atoms with van der Waals surface area (Å²) in [6.45, 7) is 0. The Morgan fingerprint density at radius 2 is 2.14 bits per heavy atom. The van der Waals surface area contributed by atoms with Crippen LogP contribution < -0.4 is 0 Å². The highest BCUT2D eigenvalue weighted by atomic mass is 79.9. The Morgan fingerprint density at radius 1 is 1.36 bits per heavy atom. The van der Waals surface area contributed by atoms with Crippen molar-refractivity contribution in [2.24, 2.45) is 5.11 Å². The molecule has 0 unspecified atom stereocenters. The van der Waals surface area contributed by atoms with E-state index in [1.165, 1.54) is 0 Å². The summed E-state index contributed by atoms with van der Waals surface area (Å²) in [6, 6.07) is 3.38. The first-order valence-corrected chi connectivity index (χ1v) is 5.23. The van der Waals surface area contributed by atoms with Crippen LogP contribution in [-0.4, -0.2) is 5.78 Å². The van der Waals surface area contributed by atoms with Crippen LogP contribution in [0.25, 0.3) is 5.53 Å². The summed E-state index contributed by atoms with van der Waals surface area (Å²) in [4.78, 5) is 11.5. The molecule has 0 radical (unpaired) electrons. The number of carbonyl (C=O) groups excluding carboxylic acids is 1. The number of hydrogen-bond donors (Lipinski definition) is 0. The number of ketones is 1. The maximum Gasteiger partial charge on any atom is 0.163 e. The van der Waals surface area contributed by atoms with E-state index in [0.29, 0.717) is 12.1 Å². The quantitative estimate of drug-likeness (QED) is 0.704. The molecule has 2 rings (SSSR count).